The molecule has 1 nitrogen and oxygen atoms in total. The summed E-state index contributed by atoms with van der Waals surface area (Å²) < 4.78 is 2.34. The highest BCUT2D eigenvalue weighted by molar-refractivity contribution is 9.11. The van der Waals surface area contributed by atoms with Crippen molar-refractivity contribution in [3.63, 3.8) is 0 Å². The summed E-state index contributed by atoms with van der Waals surface area (Å²) in [4.78, 5) is 0. The Balaban J connectivity index is 2.27. The fourth-order valence-corrected chi connectivity index (χ4v) is 4.83. The molecule has 0 aromatic heterocycles. The highest BCUT2D eigenvalue weighted by Gasteiger charge is 2.31. The summed E-state index contributed by atoms with van der Waals surface area (Å²) in [5, 5.41) is 3.57. The zero-order valence-electron chi connectivity index (χ0n) is 11.8. The van der Waals surface area contributed by atoms with Gasteiger partial charge in [-0.25, -0.2) is 0 Å². The Morgan fingerprint density at radius 2 is 2.00 bits per heavy atom. The predicted octanol–water partition coefficient (Wildman–Crippen LogP) is 5.69. The maximum absolute atomic E-state index is 3.73. The molecule has 106 valence electrons. The van der Waals surface area contributed by atoms with Gasteiger partial charge in [0.2, 0.25) is 0 Å². The van der Waals surface area contributed by atoms with Crippen molar-refractivity contribution in [1.82, 2.24) is 5.32 Å². The van der Waals surface area contributed by atoms with Crippen LogP contribution in [-0.2, 0) is 0 Å². The molecule has 0 spiro atoms. The minimum absolute atomic E-state index is 0.465. The van der Waals surface area contributed by atoms with Crippen LogP contribution in [0.4, 0.5) is 0 Å². The quantitative estimate of drug-likeness (QED) is 0.698. The van der Waals surface area contributed by atoms with Gasteiger partial charge in [-0.2, -0.15) is 0 Å². The van der Waals surface area contributed by atoms with Crippen LogP contribution >= 0.6 is 31.9 Å². The third-order valence-corrected chi connectivity index (χ3v) is 5.71. The third kappa shape index (κ3) is 3.62. The first-order valence-corrected chi connectivity index (χ1v) is 8.88. The van der Waals surface area contributed by atoms with Crippen LogP contribution in [0.25, 0.3) is 0 Å². The molecule has 3 heteroatoms. The van der Waals surface area contributed by atoms with Crippen molar-refractivity contribution in [2.45, 2.75) is 45.1 Å². The average Bonchev–Trinajstić information content (AvgIpc) is 2.42. The van der Waals surface area contributed by atoms with Crippen molar-refractivity contribution in [1.29, 1.82) is 0 Å². The Hall–Kier alpha value is 0.140. The molecule has 3 unspecified atom stereocenters. The molecule has 1 aromatic rings. The van der Waals surface area contributed by atoms with Crippen LogP contribution in [-0.4, -0.2) is 7.05 Å². The topological polar surface area (TPSA) is 12.0 Å². The zero-order valence-corrected chi connectivity index (χ0v) is 14.9. The van der Waals surface area contributed by atoms with E-state index in [1.54, 1.807) is 0 Å². The molecule has 3 atom stereocenters. The van der Waals surface area contributed by atoms with E-state index < -0.39 is 0 Å². The SMILES string of the molecule is CCC1CCCCC1C(NC)c1ccc(Br)cc1Br. The molecular weight excluding hydrogens is 366 g/mol. The van der Waals surface area contributed by atoms with Crippen molar-refractivity contribution < 1.29 is 0 Å². The molecule has 0 amide bonds. The monoisotopic (exact) mass is 387 g/mol. The van der Waals surface area contributed by atoms with Gasteiger partial charge >= 0.3 is 0 Å². The maximum atomic E-state index is 3.73. The minimum atomic E-state index is 0.465. The standard InChI is InChI=1S/C16H23Br2N/c1-3-11-6-4-5-7-13(11)16(19-2)14-9-8-12(17)10-15(14)18/h8-11,13,16,19H,3-7H2,1-2H3. The van der Waals surface area contributed by atoms with Crippen LogP contribution in [0.1, 0.15) is 50.6 Å². The Morgan fingerprint density at radius 1 is 1.26 bits per heavy atom. The van der Waals surface area contributed by atoms with E-state index in [4.69, 9.17) is 0 Å². The van der Waals surface area contributed by atoms with Crippen molar-refractivity contribution in [3.8, 4) is 0 Å². The smallest absolute Gasteiger partial charge is 0.0360 e. The van der Waals surface area contributed by atoms with E-state index in [0.717, 1.165) is 16.3 Å². The molecule has 19 heavy (non-hydrogen) atoms. The molecule has 2 rings (SSSR count). The lowest BCUT2D eigenvalue weighted by Gasteiger charge is -2.37. The fraction of sp³-hybridized carbons (Fsp3) is 0.625. The van der Waals surface area contributed by atoms with Gasteiger partial charge < -0.3 is 5.32 Å². The molecule has 1 N–H and O–H groups in total. The Kier molecular flexibility index (Phi) is 5.91. The van der Waals surface area contributed by atoms with Gasteiger partial charge in [0.25, 0.3) is 0 Å². The van der Waals surface area contributed by atoms with Crippen molar-refractivity contribution in [2.75, 3.05) is 7.05 Å². The normalized spacial score (nSPS) is 25.3. The molecule has 1 aliphatic rings. The lowest BCUT2D eigenvalue weighted by molar-refractivity contribution is 0.180. The average molecular weight is 389 g/mol. The lowest BCUT2D eigenvalue weighted by Crippen LogP contribution is -2.32. The molecular formula is C16H23Br2N. The number of nitrogens with one attached hydrogen (secondary N) is 1. The van der Waals surface area contributed by atoms with E-state index in [2.05, 4.69) is 69.3 Å². The van der Waals surface area contributed by atoms with E-state index in [9.17, 15) is 0 Å². The maximum Gasteiger partial charge on any atom is 0.0360 e. The fourth-order valence-electron chi connectivity index (χ4n) is 3.54. The summed E-state index contributed by atoms with van der Waals surface area (Å²) >= 11 is 7.27. The van der Waals surface area contributed by atoms with Crippen molar-refractivity contribution in [2.24, 2.45) is 11.8 Å². The predicted molar refractivity (Wildman–Crippen MR) is 89.4 cm³/mol. The van der Waals surface area contributed by atoms with Crippen LogP contribution in [0.15, 0.2) is 27.1 Å². The summed E-state index contributed by atoms with van der Waals surface area (Å²) in [6, 6.07) is 7.02. The minimum Gasteiger partial charge on any atom is -0.313 e. The van der Waals surface area contributed by atoms with Crippen LogP contribution < -0.4 is 5.32 Å². The highest BCUT2D eigenvalue weighted by Crippen LogP contribution is 2.42. The number of hydrogen-bond donors (Lipinski definition) is 1. The molecule has 0 saturated heterocycles. The van der Waals surface area contributed by atoms with Gasteiger partial charge in [0.05, 0.1) is 0 Å². The Morgan fingerprint density at radius 3 is 2.63 bits per heavy atom. The largest absolute Gasteiger partial charge is 0.313 e. The summed E-state index contributed by atoms with van der Waals surface area (Å²) in [5.41, 5.74) is 1.40. The Bertz CT molecular complexity index is 419. The van der Waals surface area contributed by atoms with Crippen molar-refractivity contribution >= 4 is 31.9 Å². The number of benzene rings is 1. The van der Waals surface area contributed by atoms with E-state index in [1.807, 2.05) is 0 Å². The second-order valence-corrected chi connectivity index (χ2v) is 7.32. The summed E-state index contributed by atoms with van der Waals surface area (Å²) in [6.45, 7) is 2.34. The Labute approximate surface area is 133 Å². The van der Waals surface area contributed by atoms with Crippen LogP contribution in [0.5, 0.6) is 0 Å². The number of halogens is 2. The molecule has 1 fully saturated rings. The molecule has 0 heterocycles. The van der Waals surface area contributed by atoms with E-state index in [-0.39, 0.29) is 0 Å². The number of rotatable bonds is 4. The van der Waals surface area contributed by atoms with E-state index in [0.29, 0.717) is 6.04 Å². The number of hydrogen-bond acceptors (Lipinski definition) is 1. The van der Waals surface area contributed by atoms with Gasteiger partial charge in [-0.15, -0.1) is 0 Å². The molecule has 1 saturated carbocycles. The highest BCUT2D eigenvalue weighted by atomic mass is 79.9. The van der Waals surface area contributed by atoms with Gasteiger partial charge in [-0.1, -0.05) is 70.5 Å². The van der Waals surface area contributed by atoms with Crippen LogP contribution in [0, 0.1) is 11.8 Å². The zero-order chi connectivity index (χ0) is 13.8. The second-order valence-electron chi connectivity index (χ2n) is 5.55. The first-order valence-electron chi connectivity index (χ1n) is 7.29. The molecule has 1 aromatic carbocycles. The van der Waals surface area contributed by atoms with Crippen LogP contribution in [0.3, 0.4) is 0 Å². The van der Waals surface area contributed by atoms with E-state index in [1.165, 1.54) is 42.1 Å². The summed E-state index contributed by atoms with van der Waals surface area (Å²) in [6.07, 6.45) is 6.84. The molecule has 1 aliphatic carbocycles. The summed E-state index contributed by atoms with van der Waals surface area (Å²) in [5.74, 6) is 1.63. The first-order chi connectivity index (χ1) is 9.17. The molecule has 0 aliphatic heterocycles. The lowest BCUT2D eigenvalue weighted by atomic mass is 9.72. The second kappa shape index (κ2) is 7.24. The first kappa shape index (κ1) is 15.5. The van der Waals surface area contributed by atoms with Crippen LogP contribution in [0.2, 0.25) is 0 Å². The van der Waals surface area contributed by atoms with E-state index >= 15 is 0 Å². The summed E-state index contributed by atoms with van der Waals surface area (Å²) in [7, 11) is 2.10. The van der Waals surface area contributed by atoms with Gasteiger partial charge in [0, 0.05) is 15.0 Å². The molecule has 0 radical (unpaired) electrons. The third-order valence-electron chi connectivity index (χ3n) is 4.53. The molecule has 0 bridgehead atoms. The van der Waals surface area contributed by atoms with Gasteiger partial charge in [0.1, 0.15) is 0 Å². The van der Waals surface area contributed by atoms with Crippen molar-refractivity contribution in [3.05, 3.63) is 32.7 Å². The van der Waals surface area contributed by atoms with Gasteiger partial charge in [-0.3, -0.25) is 0 Å². The van der Waals surface area contributed by atoms with Gasteiger partial charge in [-0.05, 0) is 43.0 Å². The van der Waals surface area contributed by atoms with Gasteiger partial charge in [0.15, 0.2) is 0 Å².